The first kappa shape index (κ1) is 25.2. The van der Waals surface area contributed by atoms with E-state index < -0.39 is 22.3 Å². The predicted octanol–water partition coefficient (Wildman–Crippen LogP) is 2.98. The van der Waals surface area contributed by atoms with Crippen molar-refractivity contribution in [2.45, 2.75) is 49.9 Å². The van der Waals surface area contributed by atoms with Crippen molar-refractivity contribution in [2.75, 3.05) is 5.73 Å². The minimum Gasteiger partial charge on any atom is -0.384 e. The summed E-state index contributed by atoms with van der Waals surface area (Å²) in [6, 6.07) is 7.58. The van der Waals surface area contributed by atoms with E-state index in [4.69, 9.17) is 10.7 Å². The summed E-state index contributed by atoms with van der Waals surface area (Å²) in [5.41, 5.74) is 7.00. The van der Waals surface area contributed by atoms with Crippen molar-refractivity contribution in [3.05, 3.63) is 77.0 Å². The Bertz CT molecular complexity index is 1760. The summed E-state index contributed by atoms with van der Waals surface area (Å²) >= 11 is 2.64. The van der Waals surface area contributed by atoms with Crippen LogP contribution in [0.4, 0.5) is 5.82 Å². The third-order valence-corrected chi connectivity index (χ3v) is 9.06. The fourth-order valence-corrected chi connectivity index (χ4v) is 7.05. The van der Waals surface area contributed by atoms with Gasteiger partial charge in [0.15, 0.2) is 10.9 Å². The maximum Gasteiger partial charge on any atom is 0.332 e. The van der Waals surface area contributed by atoms with E-state index in [0.717, 1.165) is 57.7 Å². The van der Waals surface area contributed by atoms with Crippen LogP contribution < -0.4 is 22.5 Å². The zero-order valence-electron chi connectivity index (χ0n) is 21.0. The van der Waals surface area contributed by atoms with Gasteiger partial charge in [0.1, 0.15) is 16.2 Å². The van der Waals surface area contributed by atoms with Crippen molar-refractivity contribution in [1.29, 1.82) is 0 Å². The number of anilines is 1. The SMILES string of the molecule is Cc1cccc(-n2c(S[C@H](C)C(=O)c3c(N)n(C)c(=O)n(C)c3=O)nc3sc4c(c3c2=O)CCCC4)c1. The maximum atomic E-state index is 14.0. The number of nitrogens with zero attached hydrogens (tertiary/aromatic N) is 4. The molecule has 37 heavy (non-hydrogen) atoms. The van der Waals surface area contributed by atoms with E-state index in [1.165, 1.54) is 19.0 Å². The van der Waals surface area contributed by atoms with Crippen LogP contribution in [-0.2, 0) is 26.9 Å². The van der Waals surface area contributed by atoms with Crippen LogP contribution in [-0.4, -0.2) is 29.7 Å². The van der Waals surface area contributed by atoms with Crippen LogP contribution in [0.5, 0.6) is 0 Å². The molecule has 0 fully saturated rings. The van der Waals surface area contributed by atoms with Gasteiger partial charge in [-0.2, -0.15) is 0 Å². The van der Waals surface area contributed by atoms with Crippen LogP contribution in [0.25, 0.3) is 15.9 Å². The molecule has 0 amide bonds. The maximum absolute atomic E-state index is 14.0. The number of carbonyl (C=O) groups is 1. The van der Waals surface area contributed by atoms with Gasteiger partial charge in [0.25, 0.3) is 11.1 Å². The van der Waals surface area contributed by atoms with E-state index in [1.54, 1.807) is 22.8 Å². The Morgan fingerprint density at radius 1 is 1.11 bits per heavy atom. The number of thiophene rings is 1. The first-order valence-corrected chi connectivity index (χ1v) is 13.7. The highest BCUT2D eigenvalue weighted by atomic mass is 32.2. The van der Waals surface area contributed by atoms with Crippen molar-refractivity contribution in [1.82, 2.24) is 18.7 Å². The molecule has 1 aliphatic carbocycles. The standard InChI is InChI=1S/C26H27N5O4S2/c1-13-8-7-9-15(12-13)31-24(34)18-16-10-5-6-11-17(16)37-22(18)28-25(31)36-14(2)20(32)19-21(27)29(3)26(35)30(4)23(19)33/h7-9,12,14H,5-6,10-11,27H2,1-4H3/t14-/m1/s1. The lowest BCUT2D eigenvalue weighted by Gasteiger charge is -2.17. The van der Waals surface area contributed by atoms with Crippen LogP contribution in [0, 0.1) is 6.92 Å². The number of aromatic nitrogens is 4. The summed E-state index contributed by atoms with van der Waals surface area (Å²) in [6.45, 7) is 3.59. The number of rotatable bonds is 5. The van der Waals surface area contributed by atoms with Crippen LogP contribution >= 0.6 is 23.1 Å². The summed E-state index contributed by atoms with van der Waals surface area (Å²) in [4.78, 5) is 59.2. The Labute approximate surface area is 220 Å². The minimum atomic E-state index is -0.803. The van der Waals surface area contributed by atoms with Gasteiger partial charge < -0.3 is 5.73 Å². The average molecular weight is 538 g/mol. The van der Waals surface area contributed by atoms with Crippen LogP contribution in [0.2, 0.25) is 0 Å². The molecule has 0 saturated carbocycles. The molecule has 1 atom stereocenters. The summed E-state index contributed by atoms with van der Waals surface area (Å²) in [5.74, 6) is -0.717. The highest BCUT2D eigenvalue weighted by Crippen LogP contribution is 2.36. The molecule has 3 aromatic heterocycles. The Kier molecular flexibility index (Phi) is 6.45. The second-order valence-corrected chi connectivity index (χ2v) is 11.7. The van der Waals surface area contributed by atoms with Crippen molar-refractivity contribution in [3.8, 4) is 5.69 Å². The van der Waals surface area contributed by atoms with Crippen molar-refractivity contribution >= 4 is 44.9 Å². The zero-order chi connectivity index (χ0) is 26.6. The number of thioether (sulfide) groups is 1. The van der Waals surface area contributed by atoms with Gasteiger partial charge in [0, 0.05) is 19.0 Å². The molecule has 0 unspecified atom stereocenters. The second kappa shape index (κ2) is 9.46. The van der Waals surface area contributed by atoms with Crippen molar-refractivity contribution in [2.24, 2.45) is 14.1 Å². The molecule has 0 spiro atoms. The molecule has 5 rings (SSSR count). The number of aryl methyl sites for hydroxylation is 3. The van der Waals surface area contributed by atoms with Crippen LogP contribution in [0.1, 0.15) is 46.1 Å². The van der Waals surface area contributed by atoms with E-state index in [2.05, 4.69) is 0 Å². The molecule has 1 aliphatic rings. The topological polar surface area (TPSA) is 122 Å². The van der Waals surface area contributed by atoms with Crippen LogP contribution in [0.15, 0.2) is 43.8 Å². The fourth-order valence-electron chi connectivity index (χ4n) is 4.77. The lowest BCUT2D eigenvalue weighted by atomic mass is 9.97. The van der Waals surface area contributed by atoms with Crippen LogP contribution in [0.3, 0.4) is 0 Å². The van der Waals surface area contributed by atoms with Gasteiger partial charge in [0.05, 0.1) is 16.3 Å². The molecule has 1 aromatic carbocycles. The molecular formula is C26H27N5O4S2. The number of benzene rings is 1. The van der Waals surface area contributed by atoms with Gasteiger partial charge in [-0.15, -0.1) is 11.3 Å². The number of nitrogens with two attached hydrogens (primary N) is 1. The Morgan fingerprint density at radius 3 is 2.57 bits per heavy atom. The largest absolute Gasteiger partial charge is 0.384 e. The number of hydrogen-bond donors (Lipinski definition) is 1. The normalized spacial score (nSPS) is 14.1. The lowest BCUT2D eigenvalue weighted by molar-refractivity contribution is 0.0992. The zero-order valence-corrected chi connectivity index (χ0v) is 22.7. The van der Waals surface area contributed by atoms with E-state index in [0.29, 0.717) is 21.1 Å². The third-order valence-electron chi connectivity index (χ3n) is 6.83. The second-order valence-electron chi connectivity index (χ2n) is 9.36. The predicted molar refractivity (Wildman–Crippen MR) is 148 cm³/mol. The van der Waals surface area contributed by atoms with Crippen molar-refractivity contribution in [3.63, 3.8) is 0 Å². The summed E-state index contributed by atoms with van der Waals surface area (Å²) < 4.78 is 3.51. The molecule has 9 nitrogen and oxygen atoms in total. The van der Waals surface area contributed by atoms with E-state index in [1.807, 2.05) is 31.2 Å². The van der Waals surface area contributed by atoms with Gasteiger partial charge >= 0.3 is 5.69 Å². The van der Waals surface area contributed by atoms with E-state index >= 15 is 0 Å². The monoisotopic (exact) mass is 537 g/mol. The smallest absolute Gasteiger partial charge is 0.332 e. The quantitative estimate of drug-likeness (QED) is 0.236. The molecule has 4 aromatic rings. The average Bonchev–Trinajstić information content (AvgIpc) is 3.25. The van der Waals surface area contributed by atoms with E-state index in [-0.39, 0.29) is 16.9 Å². The number of ketones is 1. The Morgan fingerprint density at radius 2 is 1.84 bits per heavy atom. The molecule has 0 aliphatic heterocycles. The molecule has 0 bridgehead atoms. The van der Waals surface area contributed by atoms with Gasteiger partial charge in [-0.1, -0.05) is 23.9 Å². The van der Waals surface area contributed by atoms with Gasteiger partial charge in [-0.05, 0) is 62.8 Å². The summed E-state index contributed by atoms with van der Waals surface area (Å²) in [7, 11) is 2.72. The fraction of sp³-hybridized carbons (Fsp3) is 0.346. The highest BCUT2D eigenvalue weighted by Gasteiger charge is 2.28. The van der Waals surface area contributed by atoms with E-state index in [9.17, 15) is 19.2 Å². The van der Waals surface area contributed by atoms with Gasteiger partial charge in [-0.25, -0.2) is 9.78 Å². The third kappa shape index (κ3) is 4.15. The molecule has 192 valence electrons. The molecule has 2 N–H and O–H groups in total. The molecule has 0 saturated heterocycles. The number of Topliss-reactive ketones (excluding diaryl/α,β-unsaturated/α-hetero) is 1. The molecular weight excluding hydrogens is 510 g/mol. The molecule has 0 radical (unpaired) electrons. The first-order chi connectivity index (χ1) is 17.6. The minimum absolute atomic E-state index is 0.158. The Hall–Kier alpha value is -3.44. The number of hydrogen-bond acceptors (Lipinski definition) is 8. The number of carbonyl (C=O) groups excluding carboxylic acids is 1. The number of fused-ring (bicyclic) bond motifs is 3. The highest BCUT2D eigenvalue weighted by molar-refractivity contribution is 8.00. The first-order valence-electron chi connectivity index (χ1n) is 12.0. The van der Waals surface area contributed by atoms with Gasteiger partial charge in [-0.3, -0.25) is 28.1 Å². The van der Waals surface area contributed by atoms with Gasteiger partial charge in [0.2, 0.25) is 0 Å². The lowest BCUT2D eigenvalue weighted by Crippen LogP contribution is -2.42. The molecule has 11 heteroatoms. The molecule has 3 heterocycles. The number of nitrogen functional groups attached to an aromatic ring is 1. The summed E-state index contributed by atoms with van der Waals surface area (Å²) in [5, 5.41) is 0.214. The van der Waals surface area contributed by atoms with Crippen molar-refractivity contribution < 1.29 is 4.79 Å². The Balaban J connectivity index is 1.67. The summed E-state index contributed by atoms with van der Waals surface area (Å²) in [6.07, 6.45) is 3.93.